The van der Waals surface area contributed by atoms with Crippen LogP contribution in [0, 0.1) is 0 Å². The maximum atomic E-state index is 12.4. The molecule has 0 aliphatic carbocycles. The predicted molar refractivity (Wildman–Crippen MR) is 153 cm³/mol. The van der Waals surface area contributed by atoms with Crippen molar-refractivity contribution in [3.63, 3.8) is 0 Å². The van der Waals surface area contributed by atoms with Crippen molar-refractivity contribution in [2.75, 3.05) is 0 Å². The van der Waals surface area contributed by atoms with Crippen LogP contribution in [0.2, 0.25) is 0 Å². The van der Waals surface area contributed by atoms with Crippen LogP contribution in [0.15, 0.2) is 22.2 Å². The molecule has 0 spiro atoms. The van der Waals surface area contributed by atoms with E-state index in [1.165, 1.54) is 75.2 Å². The molecule has 2 aromatic rings. The second kappa shape index (κ2) is 16.6. The lowest BCUT2D eigenvalue weighted by molar-refractivity contribution is 0.459. The molecule has 0 atom stereocenters. The van der Waals surface area contributed by atoms with Crippen molar-refractivity contribution in [2.45, 2.75) is 146 Å². The van der Waals surface area contributed by atoms with Crippen LogP contribution in [0.5, 0.6) is 0 Å². The van der Waals surface area contributed by atoms with E-state index in [9.17, 15) is 25.9 Å². The summed E-state index contributed by atoms with van der Waals surface area (Å²) in [7, 11) is -9.32. The van der Waals surface area contributed by atoms with Gasteiger partial charge in [0.05, 0.1) is 11.0 Å². The zero-order valence-electron chi connectivity index (χ0n) is 23.3. The van der Waals surface area contributed by atoms with Crippen molar-refractivity contribution in [3.8, 4) is 0 Å². The number of aryl methyl sites for hydroxylation is 2. The third-order valence-corrected chi connectivity index (χ3v) is 8.93. The van der Waals surface area contributed by atoms with Crippen molar-refractivity contribution in [1.82, 2.24) is 9.55 Å². The van der Waals surface area contributed by atoms with E-state index in [1.54, 1.807) is 12.1 Å². The first-order valence-corrected chi connectivity index (χ1v) is 17.5. The number of unbranched alkanes of at least 4 members (excludes halogenated alkanes) is 15. The normalized spacial score (nSPS) is 12.5. The van der Waals surface area contributed by atoms with Crippen LogP contribution in [-0.4, -0.2) is 35.5 Å². The molecule has 1 aromatic heterocycles. The Kier molecular flexibility index (Phi) is 14.3. The first-order valence-electron chi connectivity index (χ1n) is 14.6. The van der Waals surface area contributed by atoms with Crippen molar-refractivity contribution >= 4 is 31.3 Å². The number of rotatable bonds is 21. The van der Waals surface area contributed by atoms with E-state index in [1.807, 2.05) is 6.92 Å². The second-order valence-corrected chi connectivity index (χ2v) is 13.1. The summed E-state index contributed by atoms with van der Waals surface area (Å²) in [5.74, 6) is 0. The Hall–Kier alpha value is -1.49. The van der Waals surface area contributed by atoms with Crippen molar-refractivity contribution in [3.05, 3.63) is 17.7 Å². The highest BCUT2D eigenvalue weighted by molar-refractivity contribution is 7.86. The molecular weight excluding hydrogens is 524 g/mol. The molecule has 0 amide bonds. The van der Waals surface area contributed by atoms with Gasteiger partial charge in [0.2, 0.25) is 0 Å². The molecule has 1 heterocycles. The van der Waals surface area contributed by atoms with Gasteiger partial charge in [-0.25, -0.2) is 4.98 Å². The highest BCUT2D eigenvalue weighted by atomic mass is 32.2. The molecule has 8 nitrogen and oxygen atoms in total. The van der Waals surface area contributed by atoms with E-state index >= 15 is 0 Å². The third-order valence-electron chi connectivity index (χ3n) is 7.18. The van der Waals surface area contributed by atoms with Gasteiger partial charge in [0.15, 0.2) is 0 Å². The zero-order valence-corrected chi connectivity index (χ0v) is 25.0. The molecule has 0 radical (unpaired) electrons. The molecule has 2 N–H and O–H groups in total. The van der Waals surface area contributed by atoms with Crippen LogP contribution in [-0.2, 0) is 33.2 Å². The maximum absolute atomic E-state index is 12.4. The van der Waals surface area contributed by atoms with Crippen molar-refractivity contribution in [1.29, 1.82) is 0 Å². The lowest BCUT2D eigenvalue weighted by Crippen LogP contribution is -2.12. The molecule has 0 unspecified atom stereocenters. The first kappa shape index (κ1) is 32.7. The van der Waals surface area contributed by atoms with Gasteiger partial charge in [-0.15, -0.1) is 0 Å². The lowest BCUT2D eigenvalue weighted by atomic mass is 10.0. The van der Waals surface area contributed by atoms with Crippen molar-refractivity contribution < 1.29 is 25.9 Å². The van der Waals surface area contributed by atoms with Crippen LogP contribution in [0.25, 0.3) is 11.0 Å². The first-order chi connectivity index (χ1) is 18.1. The number of fused-ring (bicyclic) bond motifs is 1. The smallest absolute Gasteiger partial charge is 0.312 e. The molecule has 2 rings (SSSR count). The van der Waals surface area contributed by atoms with E-state index < -0.39 is 25.4 Å². The Bertz CT molecular complexity index is 1190. The molecule has 0 aliphatic heterocycles. The Morgan fingerprint density at radius 2 is 1.13 bits per heavy atom. The Morgan fingerprint density at radius 3 is 1.58 bits per heavy atom. The third kappa shape index (κ3) is 10.6. The molecule has 1 aromatic carbocycles. The second-order valence-electron chi connectivity index (χ2n) is 10.5. The largest absolute Gasteiger partial charge is 0.328 e. The van der Waals surface area contributed by atoms with Gasteiger partial charge in [-0.3, -0.25) is 9.11 Å². The zero-order chi connectivity index (χ0) is 28.0. The summed E-state index contributed by atoms with van der Waals surface area (Å²) < 4.78 is 69.6. The summed E-state index contributed by atoms with van der Waals surface area (Å²) in [5.41, 5.74) is 0.586. The van der Waals surface area contributed by atoms with Crippen LogP contribution >= 0.6 is 0 Å². The van der Waals surface area contributed by atoms with E-state index in [2.05, 4.69) is 11.9 Å². The fraction of sp³-hybridized carbons (Fsp3) is 0.750. The number of aromatic nitrogens is 2. The fourth-order valence-electron chi connectivity index (χ4n) is 5.10. The van der Waals surface area contributed by atoms with E-state index in [-0.39, 0.29) is 22.5 Å². The van der Waals surface area contributed by atoms with Gasteiger partial charge in [-0.2, -0.15) is 16.8 Å². The number of nitrogens with zero attached hydrogens (tertiary/aromatic N) is 2. The minimum atomic E-state index is -4.67. The number of imidazole rings is 1. The average molecular weight is 573 g/mol. The maximum Gasteiger partial charge on any atom is 0.328 e. The van der Waals surface area contributed by atoms with Crippen LogP contribution in [0.3, 0.4) is 0 Å². The van der Waals surface area contributed by atoms with Crippen LogP contribution < -0.4 is 0 Å². The Labute approximate surface area is 230 Å². The number of hydrogen-bond donors (Lipinski definition) is 2. The lowest BCUT2D eigenvalue weighted by Gasteiger charge is -2.12. The fourth-order valence-corrected chi connectivity index (χ4v) is 6.74. The highest BCUT2D eigenvalue weighted by Gasteiger charge is 2.28. The summed E-state index contributed by atoms with van der Waals surface area (Å²) in [4.78, 5) is 3.67. The molecule has 0 saturated carbocycles. The van der Waals surface area contributed by atoms with Crippen LogP contribution in [0.4, 0.5) is 0 Å². The Balaban J connectivity index is 1.88. The molecule has 218 valence electrons. The number of hydrogen-bond acceptors (Lipinski definition) is 5. The van der Waals surface area contributed by atoms with Gasteiger partial charge in [0.25, 0.3) is 15.3 Å². The van der Waals surface area contributed by atoms with E-state index in [0.717, 1.165) is 32.1 Å². The summed E-state index contributed by atoms with van der Waals surface area (Å²) in [6.07, 6.45) is 20.3. The highest BCUT2D eigenvalue weighted by Crippen LogP contribution is 2.31. The average Bonchev–Trinajstić information content (AvgIpc) is 3.23. The molecule has 10 heteroatoms. The van der Waals surface area contributed by atoms with Gasteiger partial charge < -0.3 is 4.57 Å². The van der Waals surface area contributed by atoms with Gasteiger partial charge in [-0.05, 0) is 30.9 Å². The summed E-state index contributed by atoms with van der Waals surface area (Å²) in [6, 6.07) is 3.14. The molecule has 0 fully saturated rings. The quantitative estimate of drug-likeness (QED) is 0.116. The monoisotopic (exact) mass is 572 g/mol. The van der Waals surface area contributed by atoms with Gasteiger partial charge in [0.1, 0.15) is 4.90 Å². The van der Waals surface area contributed by atoms with E-state index in [0.29, 0.717) is 18.4 Å². The van der Waals surface area contributed by atoms with Gasteiger partial charge >= 0.3 is 10.1 Å². The Morgan fingerprint density at radius 1 is 0.658 bits per heavy atom. The summed E-state index contributed by atoms with van der Waals surface area (Å²) >= 11 is 0. The molecule has 38 heavy (non-hydrogen) atoms. The molecule has 0 saturated heterocycles. The summed E-state index contributed by atoms with van der Waals surface area (Å²) in [6.45, 7) is 4.32. The topological polar surface area (TPSA) is 127 Å². The van der Waals surface area contributed by atoms with Crippen LogP contribution in [0.1, 0.15) is 129 Å². The van der Waals surface area contributed by atoms with Crippen molar-refractivity contribution in [2.24, 2.45) is 0 Å². The molecule has 0 aliphatic rings. The minimum Gasteiger partial charge on any atom is -0.312 e. The molecule has 0 bridgehead atoms. The SMILES string of the molecule is CCCCCCCCCCCCCCCCCc1ccc2nc(S(=O)(=O)O)n(CCCC)c2c1S(=O)(=O)O. The van der Waals surface area contributed by atoms with Gasteiger partial charge in [-0.1, -0.05) is 116 Å². The predicted octanol–water partition coefficient (Wildman–Crippen LogP) is 7.74. The summed E-state index contributed by atoms with van der Waals surface area (Å²) in [5, 5.41) is -0.602. The molecular formula is C28H48N2O6S2. The van der Waals surface area contributed by atoms with E-state index in [4.69, 9.17) is 0 Å². The minimum absolute atomic E-state index is 0.0343. The van der Waals surface area contributed by atoms with Gasteiger partial charge in [0, 0.05) is 6.54 Å². The standard InChI is InChI=1S/C28H48N2O6S2/c1-3-5-7-8-9-10-11-12-13-14-15-16-17-18-19-20-24-21-22-25-26(27(24)37(31,32)33)30(23-6-4-2)28(29-25)38(34,35)36/h21-22H,3-20,23H2,1-2H3,(H,31,32,33)(H,34,35,36). The number of benzene rings is 1.